The molecule has 0 saturated carbocycles. The number of terminal acetylenes is 1. The van der Waals surface area contributed by atoms with E-state index in [1.807, 2.05) is 0 Å². The fraction of sp³-hybridized carbons (Fsp3) is 0.480. The molecule has 0 heterocycles. The summed E-state index contributed by atoms with van der Waals surface area (Å²) in [6.45, 7) is 2.64. The molecule has 0 saturated heterocycles. The van der Waals surface area contributed by atoms with Crippen LogP contribution in [0.25, 0.3) is 0 Å². The van der Waals surface area contributed by atoms with Crippen molar-refractivity contribution in [3.8, 4) is 71.7 Å². The molecule has 0 aromatic carbocycles. The largest absolute Gasteiger partial charge is 0.449 e. The van der Waals surface area contributed by atoms with Crippen molar-refractivity contribution < 1.29 is 9.53 Å². The van der Waals surface area contributed by atoms with Gasteiger partial charge in [-0.1, -0.05) is 64.7 Å². The number of carbonyl (C=O) groups is 1. The highest BCUT2D eigenvalue weighted by atomic mass is 16.5. The average Bonchev–Trinajstić information content (AvgIpc) is 2.70. The lowest BCUT2D eigenvalue weighted by Crippen LogP contribution is -2.19. The molecule has 0 rings (SSSR count). The number of unbranched alkanes of at least 4 members (excludes halogenated alkanes) is 9. The Labute approximate surface area is 170 Å². The quantitative estimate of drug-likeness (QED) is 0.334. The minimum Gasteiger partial charge on any atom is -0.449 e. The number of carbonyl (C=O) groups excluding carboxylic acids is 1. The SMILES string of the molecule is C#CC#CC#CC#CC#CC#CNC(=O)OCCCCCCCCCCCC. The van der Waals surface area contributed by atoms with E-state index in [-0.39, 0.29) is 0 Å². The first-order chi connectivity index (χ1) is 13.8. The Hall–Kier alpha value is -3.37. The summed E-state index contributed by atoms with van der Waals surface area (Å²) < 4.78 is 5.03. The molecule has 0 aromatic rings. The molecule has 0 bridgehead atoms. The van der Waals surface area contributed by atoms with Gasteiger partial charge in [0.15, 0.2) is 0 Å². The smallest absolute Gasteiger partial charge is 0.418 e. The van der Waals surface area contributed by atoms with Crippen molar-refractivity contribution in [1.82, 2.24) is 5.32 Å². The number of hydrogen-bond donors (Lipinski definition) is 1. The maximum absolute atomic E-state index is 11.4. The monoisotopic (exact) mass is 373 g/mol. The normalized spacial score (nSPS) is 7.71. The Morgan fingerprint density at radius 1 is 0.714 bits per heavy atom. The highest BCUT2D eigenvalue weighted by molar-refractivity contribution is 5.69. The van der Waals surface area contributed by atoms with Gasteiger partial charge in [0.25, 0.3) is 0 Å². The summed E-state index contributed by atoms with van der Waals surface area (Å²) in [5, 5.41) is 2.31. The fourth-order valence-electron chi connectivity index (χ4n) is 2.16. The van der Waals surface area contributed by atoms with Crippen LogP contribution in [-0.4, -0.2) is 12.7 Å². The van der Waals surface area contributed by atoms with Crippen LogP contribution in [0.2, 0.25) is 0 Å². The molecule has 3 heteroatoms. The van der Waals surface area contributed by atoms with Crippen LogP contribution >= 0.6 is 0 Å². The molecule has 1 amide bonds. The van der Waals surface area contributed by atoms with E-state index in [0.29, 0.717) is 6.61 Å². The Morgan fingerprint density at radius 2 is 1.18 bits per heavy atom. The van der Waals surface area contributed by atoms with Gasteiger partial charge in [-0.25, -0.2) is 10.1 Å². The molecular weight excluding hydrogens is 346 g/mol. The van der Waals surface area contributed by atoms with Crippen molar-refractivity contribution in [3.05, 3.63) is 0 Å². The molecule has 0 fully saturated rings. The van der Waals surface area contributed by atoms with Gasteiger partial charge in [0.05, 0.1) is 6.61 Å². The highest BCUT2D eigenvalue weighted by Gasteiger charge is 1.98. The fourth-order valence-corrected chi connectivity index (χ4v) is 2.16. The summed E-state index contributed by atoms with van der Waals surface area (Å²) in [7, 11) is 0. The molecule has 3 nitrogen and oxygen atoms in total. The molecule has 0 aromatic heterocycles. The number of amides is 1. The summed E-state index contributed by atoms with van der Waals surface area (Å²) in [5.74, 6) is 24.1. The first kappa shape index (κ1) is 24.6. The molecule has 1 N–H and O–H groups in total. The van der Waals surface area contributed by atoms with E-state index in [1.54, 1.807) is 0 Å². The Morgan fingerprint density at radius 3 is 1.71 bits per heavy atom. The number of nitrogens with one attached hydrogen (secondary N) is 1. The molecule has 0 aliphatic heterocycles. The minimum atomic E-state index is -0.561. The van der Waals surface area contributed by atoms with Crippen molar-refractivity contribution in [2.75, 3.05) is 6.61 Å². The zero-order chi connectivity index (χ0) is 20.5. The van der Waals surface area contributed by atoms with Crippen LogP contribution in [0.5, 0.6) is 0 Å². The van der Waals surface area contributed by atoms with Gasteiger partial charge in [-0.15, -0.1) is 6.42 Å². The number of ether oxygens (including phenoxy) is 1. The maximum atomic E-state index is 11.4. The Bertz CT molecular complexity index is 790. The van der Waals surface area contributed by atoms with Gasteiger partial charge >= 0.3 is 6.09 Å². The van der Waals surface area contributed by atoms with Crippen molar-refractivity contribution in [2.24, 2.45) is 0 Å². The highest BCUT2D eigenvalue weighted by Crippen LogP contribution is 2.10. The molecule has 28 heavy (non-hydrogen) atoms. The molecule has 0 radical (unpaired) electrons. The summed E-state index contributed by atoms with van der Waals surface area (Å²) in [5.41, 5.74) is 0. The second-order valence-electron chi connectivity index (χ2n) is 5.84. The van der Waals surface area contributed by atoms with Crippen LogP contribution in [0.1, 0.15) is 71.1 Å². The Balaban J connectivity index is 3.63. The van der Waals surface area contributed by atoms with Gasteiger partial charge in [-0.3, -0.25) is 0 Å². The topological polar surface area (TPSA) is 38.3 Å². The maximum Gasteiger partial charge on any atom is 0.418 e. The van der Waals surface area contributed by atoms with Gasteiger partial charge < -0.3 is 4.74 Å². The van der Waals surface area contributed by atoms with E-state index >= 15 is 0 Å². The lowest BCUT2D eigenvalue weighted by atomic mass is 10.1. The molecule has 0 spiro atoms. The number of rotatable bonds is 11. The van der Waals surface area contributed by atoms with E-state index in [2.05, 4.69) is 77.5 Å². The van der Waals surface area contributed by atoms with Crippen LogP contribution in [0.4, 0.5) is 4.79 Å². The zero-order valence-electron chi connectivity index (χ0n) is 16.7. The van der Waals surface area contributed by atoms with Crippen LogP contribution in [0.3, 0.4) is 0 Å². The van der Waals surface area contributed by atoms with Gasteiger partial charge in [0, 0.05) is 35.6 Å². The first-order valence-electron chi connectivity index (χ1n) is 9.69. The predicted octanol–water partition coefficient (Wildman–Crippen LogP) is 4.24. The average molecular weight is 373 g/mol. The van der Waals surface area contributed by atoms with Crippen molar-refractivity contribution >= 4 is 6.09 Å². The third-order valence-electron chi connectivity index (χ3n) is 3.53. The summed E-state index contributed by atoms with van der Waals surface area (Å²) in [6, 6.07) is 2.40. The molecular formula is C25H27NO2. The minimum absolute atomic E-state index is 0.405. The van der Waals surface area contributed by atoms with Crippen LogP contribution in [0.15, 0.2) is 0 Å². The molecule has 0 aliphatic rings. The van der Waals surface area contributed by atoms with E-state index < -0.39 is 6.09 Å². The standard InChI is InChI=1S/C25H27NO2/c1-3-5-7-9-11-13-15-17-19-21-23-26-25(27)28-24-22-20-18-16-14-12-10-8-6-4-2/h1H,4,6,8,10,12,14,16,18,20,22,24H2,2H3,(H,26,27). The third-order valence-corrected chi connectivity index (χ3v) is 3.53. The second-order valence-corrected chi connectivity index (χ2v) is 5.84. The lowest BCUT2D eigenvalue weighted by Gasteiger charge is -2.03. The summed E-state index contributed by atoms with van der Waals surface area (Å²) >= 11 is 0. The van der Waals surface area contributed by atoms with Gasteiger partial charge in [-0.05, 0) is 36.0 Å². The predicted molar refractivity (Wildman–Crippen MR) is 114 cm³/mol. The van der Waals surface area contributed by atoms with E-state index in [9.17, 15) is 4.79 Å². The molecule has 0 unspecified atom stereocenters. The second kappa shape index (κ2) is 21.7. The molecule has 0 aliphatic carbocycles. The third kappa shape index (κ3) is 20.7. The van der Waals surface area contributed by atoms with E-state index in [1.165, 1.54) is 51.4 Å². The van der Waals surface area contributed by atoms with Gasteiger partial charge in [0.1, 0.15) is 0 Å². The number of hydrogen-bond acceptors (Lipinski definition) is 2. The van der Waals surface area contributed by atoms with Crippen molar-refractivity contribution in [2.45, 2.75) is 71.1 Å². The van der Waals surface area contributed by atoms with Crippen molar-refractivity contribution in [1.29, 1.82) is 0 Å². The van der Waals surface area contributed by atoms with Crippen molar-refractivity contribution in [3.63, 3.8) is 0 Å². The summed E-state index contributed by atoms with van der Waals surface area (Å²) in [6.07, 6.45) is 16.8. The number of alkyl carbamates (subject to hydrolysis) is 1. The summed E-state index contributed by atoms with van der Waals surface area (Å²) in [4.78, 5) is 11.4. The van der Waals surface area contributed by atoms with Crippen LogP contribution < -0.4 is 5.32 Å². The van der Waals surface area contributed by atoms with Crippen LogP contribution in [0, 0.1) is 71.7 Å². The first-order valence-corrected chi connectivity index (χ1v) is 9.69. The Kier molecular flexibility index (Phi) is 19.1. The van der Waals surface area contributed by atoms with Gasteiger partial charge in [0.2, 0.25) is 0 Å². The van der Waals surface area contributed by atoms with Gasteiger partial charge in [-0.2, -0.15) is 0 Å². The molecule has 144 valence electrons. The van der Waals surface area contributed by atoms with Crippen LogP contribution in [-0.2, 0) is 4.74 Å². The van der Waals surface area contributed by atoms with E-state index in [0.717, 1.165) is 12.8 Å². The van der Waals surface area contributed by atoms with E-state index in [4.69, 9.17) is 11.2 Å². The zero-order valence-corrected chi connectivity index (χ0v) is 16.7. The lowest BCUT2D eigenvalue weighted by molar-refractivity contribution is 0.148. The molecule has 0 atom stereocenters.